The first kappa shape index (κ1) is 60.2. The molecule has 0 bridgehead atoms. The molecule has 0 spiro atoms. The van der Waals surface area contributed by atoms with E-state index in [0.717, 1.165) is 44.1 Å². The first-order valence-corrected chi connectivity index (χ1v) is 27.3. The lowest BCUT2D eigenvalue weighted by atomic mass is 9.98. The lowest BCUT2D eigenvalue weighted by molar-refractivity contribution is -0.155. The van der Waals surface area contributed by atoms with Crippen LogP contribution in [-0.2, 0) is 54.2 Å². The third-order valence-corrected chi connectivity index (χ3v) is 12.6. The topological polar surface area (TPSA) is 177 Å². The number of alkyl carbamates (subject to hydrolysis) is 1. The molecule has 1 atom stereocenters. The van der Waals surface area contributed by atoms with Gasteiger partial charge in [-0.25, -0.2) is 9.59 Å². The van der Waals surface area contributed by atoms with E-state index < -0.39 is 23.7 Å². The highest BCUT2D eigenvalue weighted by Crippen LogP contribution is 2.44. The van der Waals surface area contributed by atoms with Gasteiger partial charge in [0, 0.05) is 51.5 Å². The van der Waals surface area contributed by atoms with E-state index in [1.165, 1.54) is 73.6 Å². The number of carbonyl (C=O) groups excluding carboxylic acids is 5. The summed E-state index contributed by atoms with van der Waals surface area (Å²) in [7, 11) is 0. The van der Waals surface area contributed by atoms with Gasteiger partial charge in [-0.2, -0.15) is 0 Å². The van der Waals surface area contributed by atoms with Gasteiger partial charge in [0.1, 0.15) is 24.9 Å². The van der Waals surface area contributed by atoms with E-state index >= 15 is 0 Å². The Morgan fingerprint density at radius 2 is 0.986 bits per heavy atom. The fourth-order valence-corrected chi connectivity index (χ4v) is 8.74. The molecule has 1 aliphatic rings. The number of ether oxygens (including phenoxy) is 6. The predicted octanol–water partition coefficient (Wildman–Crippen LogP) is 11.1. The smallest absolute Gasteiger partial charge is 0.407 e. The fourth-order valence-electron chi connectivity index (χ4n) is 8.74. The van der Waals surface area contributed by atoms with Crippen LogP contribution in [0.5, 0.6) is 0 Å². The van der Waals surface area contributed by atoms with E-state index in [2.05, 4.69) is 40.2 Å². The number of benzene rings is 3. The molecule has 4 rings (SSSR count). The lowest BCUT2D eigenvalue weighted by Crippen LogP contribution is -2.42. The molecule has 3 aromatic carbocycles. The average molecular weight is 1010 g/mol. The summed E-state index contributed by atoms with van der Waals surface area (Å²) in [6.07, 6.45) is 17.6. The van der Waals surface area contributed by atoms with E-state index in [9.17, 15) is 24.0 Å². The van der Waals surface area contributed by atoms with Crippen molar-refractivity contribution in [2.45, 2.75) is 173 Å². The third-order valence-electron chi connectivity index (χ3n) is 12.6. The van der Waals surface area contributed by atoms with Gasteiger partial charge < -0.3 is 44.4 Å². The second-order valence-electron chi connectivity index (χ2n) is 19.9. The zero-order valence-electron chi connectivity index (χ0n) is 44.4. The van der Waals surface area contributed by atoms with Crippen molar-refractivity contribution in [3.05, 3.63) is 95.6 Å². The molecule has 3 aromatic rings. The molecular weight excluding hydrogens is 927 g/mol. The molecule has 73 heavy (non-hydrogen) atoms. The summed E-state index contributed by atoms with van der Waals surface area (Å²) in [5.74, 6) is -1.05. The summed E-state index contributed by atoms with van der Waals surface area (Å²) in [5.41, 5.74) is 5.18. The Labute approximate surface area is 436 Å². The van der Waals surface area contributed by atoms with E-state index in [4.69, 9.17) is 28.4 Å². The molecule has 14 heteroatoms. The maximum absolute atomic E-state index is 13.1. The summed E-state index contributed by atoms with van der Waals surface area (Å²) < 4.78 is 33.4. The second-order valence-corrected chi connectivity index (χ2v) is 19.9. The lowest BCUT2D eigenvalue weighted by Gasteiger charge is -2.19. The first-order chi connectivity index (χ1) is 35.5. The van der Waals surface area contributed by atoms with E-state index in [0.29, 0.717) is 78.4 Å². The van der Waals surface area contributed by atoms with E-state index in [-0.39, 0.29) is 49.8 Å². The molecule has 3 N–H and O–H groups in total. The second kappa shape index (κ2) is 36.6. The van der Waals surface area contributed by atoms with Crippen LogP contribution in [0.3, 0.4) is 0 Å². The van der Waals surface area contributed by atoms with Crippen molar-refractivity contribution in [1.82, 2.24) is 16.0 Å². The quantitative estimate of drug-likeness (QED) is 0.0281. The van der Waals surface area contributed by atoms with Crippen molar-refractivity contribution in [2.24, 2.45) is 0 Å². The molecule has 0 saturated carbocycles. The number of hydrogen-bond donors (Lipinski definition) is 3. The molecule has 0 saturated heterocycles. The summed E-state index contributed by atoms with van der Waals surface area (Å²) >= 11 is 0. The Kier molecular flexibility index (Phi) is 30.2. The summed E-state index contributed by atoms with van der Waals surface area (Å²) in [6, 6.07) is 24.9. The minimum Gasteiger partial charge on any atom is -0.460 e. The average Bonchev–Trinajstić information content (AvgIpc) is 3.70. The largest absolute Gasteiger partial charge is 0.460 e. The number of amides is 3. The van der Waals surface area contributed by atoms with Gasteiger partial charge in [-0.3, -0.25) is 14.4 Å². The Bertz CT molecular complexity index is 1980. The molecular formula is C59H87N3O11. The minimum atomic E-state index is -0.918. The van der Waals surface area contributed by atoms with Crippen LogP contribution in [0.4, 0.5) is 4.79 Å². The van der Waals surface area contributed by atoms with Gasteiger partial charge in [-0.05, 0) is 80.7 Å². The number of fused-ring (bicyclic) bond motifs is 3. The summed E-state index contributed by atoms with van der Waals surface area (Å²) in [6.45, 7) is 9.55. The van der Waals surface area contributed by atoms with Crippen LogP contribution in [0.1, 0.15) is 172 Å². The third kappa shape index (κ3) is 27.0. The maximum atomic E-state index is 13.1. The molecule has 404 valence electrons. The number of hydrogen-bond acceptors (Lipinski definition) is 11. The molecule has 0 aliphatic heterocycles. The normalized spacial score (nSPS) is 12.4. The Morgan fingerprint density at radius 3 is 1.53 bits per heavy atom. The maximum Gasteiger partial charge on any atom is 0.407 e. The van der Waals surface area contributed by atoms with Crippen molar-refractivity contribution >= 4 is 29.8 Å². The van der Waals surface area contributed by atoms with Gasteiger partial charge in [-0.15, -0.1) is 0 Å². The number of carbonyl (C=O) groups is 5. The summed E-state index contributed by atoms with van der Waals surface area (Å²) in [4.78, 5) is 63.0. The van der Waals surface area contributed by atoms with Crippen molar-refractivity contribution in [1.29, 1.82) is 0 Å². The monoisotopic (exact) mass is 1010 g/mol. The van der Waals surface area contributed by atoms with Crippen LogP contribution in [0.2, 0.25) is 0 Å². The molecule has 3 amide bonds. The van der Waals surface area contributed by atoms with Gasteiger partial charge in [0.05, 0.1) is 26.4 Å². The van der Waals surface area contributed by atoms with Crippen molar-refractivity contribution in [3.63, 3.8) is 0 Å². The highest BCUT2D eigenvalue weighted by molar-refractivity contribution is 5.85. The minimum absolute atomic E-state index is 0.0249. The molecule has 14 nitrogen and oxygen atoms in total. The van der Waals surface area contributed by atoms with Gasteiger partial charge in [-0.1, -0.05) is 156 Å². The molecule has 0 fully saturated rings. The van der Waals surface area contributed by atoms with Crippen LogP contribution in [-0.4, -0.2) is 101 Å². The van der Waals surface area contributed by atoms with Crippen molar-refractivity contribution < 1.29 is 52.4 Å². The van der Waals surface area contributed by atoms with E-state index in [1.807, 2.05) is 75.4 Å². The Hall–Kier alpha value is -5.31. The molecule has 1 aliphatic carbocycles. The van der Waals surface area contributed by atoms with Crippen molar-refractivity contribution in [2.75, 3.05) is 59.3 Å². The zero-order valence-corrected chi connectivity index (χ0v) is 44.4. The van der Waals surface area contributed by atoms with Gasteiger partial charge in [0.25, 0.3) is 0 Å². The fraction of sp³-hybridized carbons (Fsp3) is 0.610. The first-order valence-electron chi connectivity index (χ1n) is 27.3. The highest BCUT2D eigenvalue weighted by atomic mass is 16.6. The van der Waals surface area contributed by atoms with Gasteiger partial charge >= 0.3 is 18.0 Å². The Morgan fingerprint density at radius 1 is 0.507 bits per heavy atom. The highest BCUT2D eigenvalue weighted by Gasteiger charge is 2.29. The predicted molar refractivity (Wildman–Crippen MR) is 285 cm³/mol. The molecule has 1 unspecified atom stereocenters. The Balaban J connectivity index is 0.939. The van der Waals surface area contributed by atoms with Gasteiger partial charge in [0.2, 0.25) is 11.8 Å². The van der Waals surface area contributed by atoms with Crippen LogP contribution < -0.4 is 16.0 Å². The van der Waals surface area contributed by atoms with Crippen LogP contribution in [0.25, 0.3) is 11.1 Å². The zero-order chi connectivity index (χ0) is 52.2. The number of unbranched alkanes of at least 4 members (excludes halogenated alkanes) is 13. The number of nitrogens with one attached hydrogen (secondary N) is 3. The summed E-state index contributed by atoms with van der Waals surface area (Å²) in [5, 5.41) is 8.52. The molecule has 0 heterocycles. The SMILES string of the molecule is CC(C)(C)OC(=O)CCCCCCCCCCCCCCCCC(=O)NC(CCC(=O)NCCCOCCOCCOCCCNC(=O)OCC1c2ccccc2-c2ccccc21)C(=O)OCc1ccccc1. The molecule has 0 radical (unpaired) electrons. The van der Waals surface area contributed by atoms with Crippen LogP contribution in [0.15, 0.2) is 78.9 Å². The van der Waals surface area contributed by atoms with Crippen LogP contribution >= 0.6 is 0 Å². The van der Waals surface area contributed by atoms with Crippen LogP contribution in [0, 0.1) is 0 Å². The standard InChI is InChI=1S/C59H87N3O11/c1-59(2,3)73-56(65)34-20-15-13-11-9-7-5-4-6-8-10-12-14-19-33-55(64)62-53(57(66)71-45-47-27-17-16-18-28-47)35-36-54(63)60-37-25-39-68-41-43-70-44-42-69-40-26-38-61-58(67)72-46-52-50-31-23-21-29-48(50)49-30-22-24-32-51(49)52/h16-18,21-24,27-32,52-53H,4-15,19-20,25-26,33-46H2,1-3H3,(H,60,63)(H,61,67)(H,62,64). The molecule has 0 aromatic heterocycles. The van der Waals surface area contributed by atoms with Crippen molar-refractivity contribution in [3.8, 4) is 11.1 Å². The number of esters is 2. The van der Waals surface area contributed by atoms with E-state index in [1.54, 1.807) is 0 Å². The number of rotatable bonds is 40. The van der Waals surface area contributed by atoms with Gasteiger partial charge in [0.15, 0.2) is 0 Å².